The fourth-order valence-electron chi connectivity index (χ4n) is 2.91. The van der Waals surface area contributed by atoms with E-state index in [-0.39, 0.29) is 19.4 Å². The van der Waals surface area contributed by atoms with Crippen LogP contribution in [0.4, 0.5) is 0 Å². The van der Waals surface area contributed by atoms with Crippen molar-refractivity contribution < 1.29 is 23.9 Å². The summed E-state index contributed by atoms with van der Waals surface area (Å²) in [5, 5.41) is -1.26. The Hall–Kier alpha value is -0.380. The minimum Gasteiger partial charge on any atom is -0.466 e. The van der Waals surface area contributed by atoms with Crippen LogP contribution in [0.3, 0.4) is 0 Å². The SMILES string of the molecule is CCCCCCCCCCC(CC)(CC(=O)OCC)P(=O)(O)O. The van der Waals surface area contributed by atoms with Crippen molar-refractivity contribution in [2.45, 2.75) is 96.6 Å². The summed E-state index contributed by atoms with van der Waals surface area (Å²) in [7, 11) is -4.36. The fourth-order valence-corrected chi connectivity index (χ4v) is 4.11. The van der Waals surface area contributed by atoms with Gasteiger partial charge in [-0.3, -0.25) is 9.36 Å². The molecule has 0 aliphatic heterocycles. The number of hydrogen-bond donors (Lipinski definition) is 2. The molecular formula is C17H35O5P. The molecule has 0 aromatic heterocycles. The molecule has 0 aromatic carbocycles. The highest BCUT2D eigenvalue weighted by atomic mass is 31.2. The Morgan fingerprint density at radius 3 is 1.91 bits per heavy atom. The van der Waals surface area contributed by atoms with Crippen molar-refractivity contribution in [3.8, 4) is 0 Å². The summed E-state index contributed by atoms with van der Waals surface area (Å²) in [5.74, 6) is -0.516. The smallest absolute Gasteiger partial charge is 0.332 e. The molecular weight excluding hydrogens is 315 g/mol. The Morgan fingerprint density at radius 2 is 1.48 bits per heavy atom. The van der Waals surface area contributed by atoms with Gasteiger partial charge in [0.2, 0.25) is 0 Å². The molecule has 1 unspecified atom stereocenters. The van der Waals surface area contributed by atoms with Crippen LogP contribution in [-0.2, 0) is 14.1 Å². The maximum absolute atomic E-state index is 11.9. The third kappa shape index (κ3) is 8.88. The molecule has 1 atom stereocenters. The van der Waals surface area contributed by atoms with Crippen LogP contribution in [0.2, 0.25) is 0 Å². The van der Waals surface area contributed by atoms with Crippen molar-refractivity contribution in [3.63, 3.8) is 0 Å². The quantitative estimate of drug-likeness (QED) is 0.267. The third-order valence-corrected chi connectivity index (χ3v) is 6.48. The molecule has 0 saturated carbocycles. The lowest BCUT2D eigenvalue weighted by Crippen LogP contribution is -2.32. The van der Waals surface area contributed by atoms with E-state index >= 15 is 0 Å². The van der Waals surface area contributed by atoms with E-state index in [4.69, 9.17) is 4.74 Å². The molecule has 0 radical (unpaired) electrons. The van der Waals surface area contributed by atoms with Crippen LogP contribution in [-0.4, -0.2) is 27.5 Å². The molecule has 0 heterocycles. The van der Waals surface area contributed by atoms with Gasteiger partial charge in [0.25, 0.3) is 0 Å². The second-order valence-electron chi connectivity index (χ2n) is 6.33. The number of ether oxygens (including phenoxy) is 1. The lowest BCUT2D eigenvalue weighted by molar-refractivity contribution is -0.144. The number of esters is 1. The molecule has 0 bridgehead atoms. The highest BCUT2D eigenvalue weighted by molar-refractivity contribution is 7.53. The lowest BCUT2D eigenvalue weighted by atomic mass is 9.93. The van der Waals surface area contributed by atoms with Crippen molar-refractivity contribution in [1.82, 2.24) is 0 Å². The second kappa shape index (κ2) is 12.0. The van der Waals surface area contributed by atoms with Gasteiger partial charge in [-0.2, -0.15) is 0 Å². The van der Waals surface area contributed by atoms with Crippen LogP contribution >= 0.6 is 7.60 Å². The monoisotopic (exact) mass is 350 g/mol. The predicted molar refractivity (Wildman–Crippen MR) is 93.5 cm³/mol. The summed E-state index contributed by atoms with van der Waals surface area (Å²) < 4.78 is 16.8. The number of rotatable bonds is 14. The van der Waals surface area contributed by atoms with E-state index in [2.05, 4.69) is 6.92 Å². The van der Waals surface area contributed by atoms with Crippen molar-refractivity contribution in [1.29, 1.82) is 0 Å². The van der Waals surface area contributed by atoms with Gasteiger partial charge < -0.3 is 14.5 Å². The van der Waals surface area contributed by atoms with Gasteiger partial charge in [-0.25, -0.2) is 0 Å². The van der Waals surface area contributed by atoms with Crippen LogP contribution in [0.15, 0.2) is 0 Å². The zero-order valence-corrected chi connectivity index (χ0v) is 15.9. The van der Waals surface area contributed by atoms with E-state index in [1.54, 1.807) is 13.8 Å². The average Bonchev–Trinajstić information content (AvgIpc) is 2.47. The molecule has 0 aliphatic carbocycles. The summed E-state index contributed by atoms with van der Waals surface area (Å²) in [6.07, 6.45) is 9.42. The maximum atomic E-state index is 11.9. The van der Waals surface area contributed by atoms with E-state index < -0.39 is 18.7 Å². The van der Waals surface area contributed by atoms with Gasteiger partial charge >= 0.3 is 13.6 Å². The highest BCUT2D eigenvalue weighted by Gasteiger charge is 2.46. The normalized spacial score (nSPS) is 14.5. The standard InChI is InChI=1S/C17H35O5P/c1-4-7-8-9-10-11-12-13-14-17(5-2,23(19,20)21)15-16(18)22-6-3/h4-15H2,1-3H3,(H2,19,20,21). The zero-order valence-electron chi connectivity index (χ0n) is 15.1. The van der Waals surface area contributed by atoms with Crippen molar-refractivity contribution >= 4 is 13.6 Å². The van der Waals surface area contributed by atoms with E-state index in [1.807, 2.05) is 0 Å². The van der Waals surface area contributed by atoms with Gasteiger partial charge in [-0.05, 0) is 19.8 Å². The van der Waals surface area contributed by atoms with E-state index in [9.17, 15) is 19.1 Å². The largest absolute Gasteiger partial charge is 0.466 e. The van der Waals surface area contributed by atoms with Gasteiger partial charge in [0, 0.05) is 0 Å². The molecule has 0 fully saturated rings. The van der Waals surface area contributed by atoms with Crippen molar-refractivity contribution in [2.24, 2.45) is 0 Å². The highest BCUT2D eigenvalue weighted by Crippen LogP contribution is 2.57. The summed E-state index contributed by atoms with van der Waals surface area (Å²) in [5.41, 5.74) is 0. The van der Waals surface area contributed by atoms with Gasteiger partial charge in [-0.1, -0.05) is 65.2 Å². The Bertz CT molecular complexity index is 366. The summed E-state index contributed by atoms with van der Waals surface area (Å²) in [6, 6.07) is 0. The first kappa shape index (κ1) is 22.6. The molecule has 0 aliphatic rings. The molecule has 0 spiro atoms. The minimum absolute atomic E-state index is 0.196. The second-order valence-corrected chi connectivity index (χ2v) is 8.37. The first-order valence-electron chi connectivity index (χ1n) is 9.04. The number of carbonyl (C=O) groups is 1. The molecule has 0 aromatic rings. The van der Waals surface area contributed by atoms with Gasteiger partial charge in [0.15, 0.2) is 0 Å². The molecule has 0 saturated heterocycles. The Balaban J connectivity index is 4.38. The zero-order chi connectivity index (χ0) is 17.8. The number of hydrogen-bond acceptors (Lipinski definition) is 3. The topological polar surface area (TPSA) is 83.8 Å². The molecule has 23 heavy (non-hydrogen) atoms. The van der Waals surface area contributed by atoms with E-state index in [1.165, 1.54) is 32.1 Å². The average molecular weight is 350 g/mol. The first-order valence-corrected chi connectivity index (χ1v) is 10.7. The molecule has 0 amide bonds. The van der Waals surface area contributed by atoms with Crippen molar-refractivity contribution in [2.75, 3.05) is 6.61 Å². The van der Waals surface area contributed by atoms with E-state index in [0.29, 0.717) is 6.42 Å². The van der Waals surface area contributed by atoms with Gasteiger partial charge in [-0.15, -0.1) is 0 Å². The third-order valence-electron chi connectivity index (χ3n) is 4.55. The Morgan fingerprint density at radius 1 is 0.957 bits per heavy atom. The van der Waals surface area contributed by atoms with Crippen LogP contribution in [0.25, 0.3) is 0 Å². The van der Waals surface area contributed by atoms with Crippen LogP contribution in [0, 0.1) is 0 Å². The summed E-state index contributed by atoms with van der Waals surface area (Å²) in [6.45, 7) is 5.86. The molecule has 6 heteroatoms. The molecule has 2 N–H and O–H groups in total. The summed E-state index contributed by atoms with van der Waals surface area (Å²) in [4.78, 5) is 31.2. The van der Waals surface area contributed by atoms with Gasteiger partial charge in [0.1, 0.15) is 0 Å². The van der Waals surface area contributed by atoms with Crippen LogP contribution < -0.4 is 0 Å². The summed E-state index contributed by atoms with van der Waals surface area (Å²) >= 11 is 0. The first-order chi connectivity index (χ1) is 10.8. The minimum atomic E-state index is -4.36. The van der Waals surface area contributed by atoms with Gasteiger partial charge in [0.05, 0.1) is 18.2 Å². The maximum Gasteiger partial charge on any atom is 0.332 e. The Labute approximate surface area is 141 Å². The van der Waals surface area contributed by atoms with E-state index in [0.717, 1.165) is 19.3 Å². The molecule has 138 valence electrons. The lowest BCUT2D eigenvalue weighted by Gasteiger charge is -2.32. The fraction of sp³-hybridized carbons (Fsp3) is 0.941. The van der Waals surface area contributed by atoms with Crippen molar-refractivity contribution in [3.05, 3.63) is 0 Å². The predicted octanol–water partition coefficient (Wildman–Crippen LogP) is 4.80. The molecule has 5 nitrogen and oxygen atoms in total. The number of carbonyl (C=O) groups excluding carboxylic acids is 1. The molecule has 0 rings (SSSR count). The Kier molecular flexibility index (Phi) is 11.9. The number of unbranched alkanes of at least 4 members (excludes halogenated alkanes) is 7. The van der Waals surface area contributed by atoms with Crippen LogP contribution in [0.5, 0.6) is 0 Å². The van der Waals surface area contributed by atoms with Crippen LogP contribution in [0.1, 0.15) is 91.4 Å².